The van der Waals surface area contributed by atoms with Crippen LogP contribution in [0.25, 0.3) is 0 Å². The molecular weight excluding hydrogens is 322 g/mol. The summed E-state index contributed by atoms with van der Waals surface area (Å²) in [5.41, 5.74) is 1.01. The largest absolute Gasteiger partial charge is 0.354 e. The van der Waals surface area contributed by atoms with E-state index in [2.05, 4.69) is 43.5 Å². The molecule has 1 heterocycles. The minimum absolute atomic E-state index is 0.0121. The molecule has 1 aliphatic rings. The number of nitrogens with zero attached hydrogens (tertiary/aromatic N) is 1. The third-order valence-corrected chi connectivity index (χ3v) is 4.98. The van der Waals surface area contributed by atoms with Crippen LogP contribution in [0, 0.1) is 0 Å². The number of nitrogens with one attached hydrogen (secondary N) is 2. The van der Waals surface area contributed by atoms with Gasteiger partial charge in [0.1, 0.15) is 0 Å². The first-order valence-electron chi connectivity index (χ1n) is 8.38. The fraction of sp³-hybridized carbons (Fsp3) is 0.556. The van der Waals surface area contributed by atoms with Crippen LogP contribution in [0.4, 0.5) is 4.79 Å². The molecule has 2 rings (SSSR count). The minimum atomic E-state index is -0.218. The average Bonchev–Trinajstić information content (AvgIpc) is 2.96. The molecule has 1 aliphatic heterocycles. The Morgan fingerprint density at radius 2 is 2.04 bits per heavy atom. The smallest absolute Gasteiger partial charge is 0.281 e. The third-order valence-electron chi connectivity index (χ3n) is 4.09. The lowest BCUT2D eigenvalue weighted by Crippen LogP contribution is -2.50. The molecule has 1 atom stereocenters. The minimum Gasteiger partial charge on any atom is -0.354 e. The Labute approximate surface area is 148 Å². The Balaban J connectivity index is 1.73. The molecule has 0 spiro atoms. The topological polar surface area (TPSA) is 61.4 Å². The van der Waals surface area contributed by atoms with E-state index < -0.39 is 0 Å². The van der Waals surface area contributed by atoms with Gasteiger partial charge in [0.05, 0.1) is 0 Å². The van der Waals surface area contributed by atoms with Gasteiger partial charge in [0.2, 0.25) is 5.91 Å². The molecule has 0 bridgehead atoms. The lowest BCUT2D eigenvalue weighted by molar-refractivity contribution is -0.121. The predicted molar refractivity (Wildman–Crippen MR) is 99.1 cm³/mol. The van der Waals surface area contributed by atoms with Gasteiger partial charge in [-0.3, -0.25) is 9.59 Å². The van der Waals surface area contributed by atoms with E-state index in [4.69, 9.17) is 0 Å². The Bertz CT molecular complexity index is 563. The predicted octanol–water partition coefficient (Wildman–Crippen LogP) is 2.79. The zero-order valence-corrected chi connectivity index (χ0v) is 15.5. The lowest BCUT2D eigenvalue weighted by atomic mass is 10.0. The second-order valence-corrected chi connectivity index (χ2v) is 7.83. The lowest BCUT2D eigenvalue weighted by Gasteiger charge is -2.31. The number of rotatable bonds is 8. The molecular formula is C18H27N3O2S. The fourth-order valence-corrected chi connectivity index (χ4v) is 3.59. The van der Waals surface area contributed by atoms with E-state index in [0.717, 1.165) is 12.3 Å². The molecule has 6 heteroatoms. The van der Waals surface area contributed by atoms with Gasteiger partial charge in [-0.15, -0.1) is 0 Å². The standard InChI is InChI=1S/C18H27N3O2S/c1-14(15-7-5-4-6-8-15)20-18(2,3)13-19-16(22)9-10-21-11-12-24-17(21)23/h4-8,14,20H,9-13H2,1-3H3,(H,19,22)/t14-/m0/s1. The van der Waals surface area contributed by atoms with Gasteiger partial charge in [0.25, 0.3) is 5.24 Å². The van der Waals surface area contributed by atoms with Gasteiger partial charge in [-0.2, -0.15) is 0 Å². The van der Waals surface area contributed by atoms with Crippen molar-refractivity contribution in [3.8, 4) is 0 Å². The quantitative estimate of drug-likeness (QED) is 0.758. The van der Waals surface area contributed by atoms with Crippen LogP contribution in [-0.4, -0.2) is 47.0 Å². The van der Waals surface area contributed by atoms with Crippen molar-refractivity contribution >= 4 is 22.9 Å². The first kappa shape index (κ1) is 18.8. The molecule has 2 N–H and O–H groups in total. The van der Waals surface area contributed by atoms with Crippen LogP contribution in [0.5, 0.6) is 0 Å². The first-order chi connectivity index (χ1) is 11.4. The van der Waals surface area contributed by atoms with Crippen LogP contribution in [0.3, 0.4) is 0 Å². The van der Waals surface area contributed by atoms with Gasteiger partial charge in [-0.05, 0) is 26.3 Å². The van der Waals surface area contributed by atoms with E-state index in [1.807, 2.05) is 18.2 Å². The van der Waals surface area contributed by atoms with Gasteiger partial charge in [0.15, 0.2) is 0 Å². The maximum absolute atomic E-state index is 12.0. The Kier molecular flexibility index (Phi) is 6.69. The Morgan fingerprint density at radius 3 is 2.67 bits per heavy atom. The van der Waals surface area contributed by atoms with Gasteiger partial charge < -0.3 is 15.5 Å². The van der Waals surface area contributed by atoms with Crippen molar-refractivity contribution in [3.05, 3.63) is 35.9 Å². The van der Waals surface area contributed by atoms with Crippen LogP contribution in [-0.2, 0) is 4.79 Å². The SMILES string of the molecule is C[C@H](NC(C)(C)CNC(=O)CCN1CCSC1=O)c1ccccc1. The number of thioether (sulfide) groups is 1. The highest BCUT2D eigenvalue weighted by Crippen LogP contribution is 2.17. The highest BCUT2D eigenvalue weighted by Gasteiger charge is 2.23. The van der Waals surface area contributed by atoms with Crippen LogP contribution in [0.2, 0.25) is 0 Å². The average molecular weight is 350 g/mol. The highest BCUT2D eigenvalue weighted by atomic mass is 32.2. The van der Waals surface area contributed by atoms with E-state index in [-0.39, 0.29) is 22.7 Å². The summed E-state index contributed by atoms with van der Waals surface area (Å²) >= 11 is 1.32. The van der Waals surface area contributed by atoms with Gasteiger partial charge in [0, 0.05) is 43.4 Å². The maximum atomic E-state index is 12.0. The van der Waals surface area contributed by atoms with E-state index in [0.29, 0.717) is 19.5 Å². The van der Waals surface area contributed by atoms with Crippen molar-refractivity contribution in [1.29, 1.82) is 0 Å². The van der Waals surface area contributed by atoms with E-state index in [9.17, 15) is 9.59 Å². The third kappa shape index (κ3) is 5.83. The van der Waals surface area contributed by atoms with Crippen molar-refractivity contribution in [3.63, 3.8) is 0 Å². The number of carbonyl (C=O) groups excluding carboxylic acids is 2. The van der Waals surface area contributed by atoms with Crippen LogP contribution >= 0.6 is 11.8 Å². The van der Waals surface area contributed by atoms with E-state index in [1.54, 1.807) is 4.90 Å². The number of benzene rings is 1. The molecule has 1 aromatic carbocycles. The molecule has 1 saturated heterocycles. The van der Waals surface area contributed by atoms with Crippen LogP contribution in [0.1, 0.15) is 38.8 Å². The Hall–Kier alpha value is -1.53. The van der Waals surface area contributed by atoms with E-state index in [1.165, 1.54) is 17.3 Å². The number of hydrogen-bond acceptors (Lipinski definition) is 4. The van der Waals surface area contributed by atoms with Crippen molar-refractivity contribution in [2.24, 2.45) is 0 Å². The molecule has 5 nitrogen and oxygen atoms in total. The summed E-state index contributed by atoms with van der Waals surface area (Å²) in [6.45, 7) is 8.08. The molecule has 1 aromatic rings. The molecule has 0 aromatic heterocycles. The zero-order chi connectivity index (χ0) is 17.6. The monoisotopic (exact) mass is 349 g/mol. The molecule has 2 amide bonds. The van der Waals surface area contributed by atoms with Gasteiger partial charge in [-0.25, -0.2) is 0 Å². The van der Waals surface area contributed by atoms with Gasteiger partial charge >= 0.3 is 0 Å². The van der Waals surface area contributed by atoms with Crippen molar-refractivity contribution in [2.75, 3.05) is 25.4 Å². The summed E-state index contributed by atoms with van der Waals surface area (Å²) in [5.74, 6) is 0.816. The summed E-state index contributed by atoms with van der Waals surface area (Å²) in [7, 11) is 0. The molecule has 0 saturated carbocycles. The molecule has 1 fully saturated rings. The summed E-state index contributed by atoms with van der Waals surface area (Å²) in [6.07, 6.45) is 0.358. The summed E-state index contributed by atoms with van der Waals surface area (Å²) < 4.78 is 0. The fourth-order valence-electron chi connectivity index (χ4n) is 2.74. The molecule has 0 aliphatic carbocycles. The highest BCUT2D eigenvalue weighted by molar-refractivity contribution is 8.13. The number of hydrogen-bond donors (Lipinski definition) is 2. The molecule has 0 unspecified atom stereocenters. The molecule has 24 heavy (non-hydrogen) atoms. The van der Waals surface area contributed by atoms with Crippen molar-refractivity contribution in [1.82, 2.24) is 15.5 Å². The summed E-state index contributed by atoms with van der Waals surface area (Å²) in [6, 6.07) is 10.5. The van der Waals surface area contributed by atoms with Gasteiger partial charge in [-0.1, -0.05) is 42.1 Å². The summed E-state index contributed by atoms with van der Waals surface area (Å²) in [4.78, 5) is 25.3. The van der Waals surface area contributed by atoms with Crippen LogP contribution in [0.15, 0.2) is 30.3 Å². The Morgan fingerprint density at radius 1 is 1.33 bits per heavy atom. The number of amides is 2. The zero-order valence-electron chi connectivity index (χ0n) is 14.7. The van der Waals surface area contributed by atoms with E-state index >= 15 is 0 Å². The normalized spacial score (nSPS) is 16.3. The van der Waals surface area contributed by atoms with Crippen molar-refractivity contribution < 1.29 is 9.59 Å². The number of carbonyl (C=O) groups is 2. The maximum Gasteiger partial charge on any atom is 0.281 e. The molecule has 132 valence electrons. The first-order valence-corrected chi connectivity index (χ1v) is 9.37. The molecule has 0 radical (unpaired) electrons. The van der Waals surface area contributed by atoms with Crippen LogP contribution < -0.4 is 10.6 Å². The second kappa shape index (κ2) is 8.53. The van der Waals surface area contributed by atoms with Crippen molar-refractivity contribution in [2.45, 2.75) is 38.8 Å². The summed E-state index contributed by atoms with van der Waals surface area (Å²) in [5, 5.41) is 6.61. The second-order valence-electron chi connectivity index (χ2n) is 6.79.